The molecule has 0 bridgehead atoms. The first-order valence-electron chi connectivity index (χ1n) is 5.86. The Kier molecular flexibility index (Phi) is 3.63. The number of benzene rings is 1. The van der Waals surface area contributed by atoms with Crippen molar-refractivity contribution in [3.8, 4) is 0 Å². The molecule has 0 saturated heterocycles. The van der Waals surface area contributed by atoms with Crippen LogP contribution in [0, 0.1) is 17.5 Å². The van der Waals surface area contributed by atoms with Gasteiger partial charge in [0.05, 0.1) is 0 Å². The van der Waals surface area contributed by atoms with E-state index < -0.39 is 28.3 Å². The Morgan fingerprint density at radius 2 is 1.00 bits per heavy atom. The molecule has 98 valence electrons. The van der Waals surface area contributed by atoms with Crippen molar-refractivity contribution in [3.05, 3.63) is 28.6 Å². The van der Waals surface area contributed by atoms with E-state index in [1.54, 1.807) is 41.5 Å². The predicted molar refractivity (Wildman–Crippen MR) is 69.1 cm³/mol. The highest BCUT2D eigenvalue weighted by Crippen LogP contribution is 2.33. The van der Waals surface area contributed by atoms with Crippen LogP contribution in [-0.4, -0.2) is 7.85 Å². The van der Waals surface area contributed by atoms with Crippen LogP contribution in [-0.2, 0) is 10.8 Å². The lowest BCUT2D eigenvalue weighted by Crippen LogP contribution is -2.33. The summed E-state index contributed by atoms with van der Waals surface area (Å²) >= 11 is 0. The molecule has 1 aromatic rings. The molecule has 0 fully saturated rings. The molecule has 0 nitrogen and oxygen atoms in total. The van der Waals surface area contributed by atoms with Gasteiger partial charge < -0.3 is 0 Å². The molecule has 2 radical (unpaired) electrons. The summed E-state index contributed by atoms with van der Waals surface area (Å²) in [4.78, 5) is 0. The lowest BCUT2D eigenvalue weighted by atomic mass is 9.73. The van der Waals surface area contributed by atoms with Crippen LogP contribution in [0.2, 0.25) is 0 Å². The van der Waals surface area contributed by atoms with Gasteiger partial charge in [0, 0.05) is 5.56 Å². The van der Waals surface area contributed by atoms with Crippen molar-refractivity contribution in [2.24, 2.45) is 0 Å². The molecule has 0 N–H and O–H groups in total. The van der Waals surface area contributed by atoms with Crippen LogP contribution in [0.15, 0.2) is 0 Å². The zero-order valence-corrected chi connectivity index (χ0v) is 11.7. The van der Waals surface area contributed by atoms with E-state index in [1.807, 2.05) is 0 Å². The molecule has 0 saturated carbocycles. The molecule has 18 heavy (non-hydrogen) atoms. The van der Waals surface area contributed by atoms with Crippen molar-refractivity contribution in [3.63, 3.8) is 0 Å². The summed E-state index contributed by atoms with van der Waals surface area (Å²) in [5.74, 6) is -3.04. The Bertz CT molecular complexity index is 405. The standard InChI is InChI=1S/C14H18BF3/c1-13(2,3)7-9(15)10(16)8(14(4,5)6)12(18)11(7)17/h1-6H3. The van der Waals surface area contributed by atoms with Gasteiger partial charge in [-0.3, -0.25) is 0 Å². The van der Waals surface area contributed by atoms with Gasteiger partial charge in [0.1, 0.15) is 13.7 Å². The van der Waals surface area contributed by atoms with Crippen LogP contribution in [0.3, 0.4) is 0 Å². The minimum atomic E-state index is -1.14. The largest absolute Gasteiger partial charge is 0.207 e. The molecule has 0 aromatic heterocycles. The molecule has 1 rings (SSSR count). The van der Waals surface area contributed by atoms with E-state index in [1.165, 1.54) is 0 Å². The third-order valence-corrected chi connectivity index (χ3v) is 2.86. The molecule has 0 heterocycles. The first kappa shape index (κ1) is 15.1. The Morgan fingerprint density at radius 3 is 1.33 bits per heavy atom. The Balaban J connectivity index is 3.79. The number of hydrogen-bond donors (Lipinski definition) is 0. The van der Waals surface area contributed by atoms with Gasteiger partial charge in [-0.15, -0.1) is 0 Å². The Morgan fingerprint density at radius 1 is 0.667 bits per heavy atom. The highest BCUT2D eigenvalue weighted by molar-refractivity contribution is 6.33. The lowest BCUT2D eigenvalue weighted by Gasteiger charge is -2.28. The molecule has 1 aromatic carbocycles. The van der Waals surface area contributed by atoms with Crippen molar-refractivity contribution in [2.75, 3.05) is 0 Å². The average molecular weight is 254 g/mol. The fourth-order valence-electron chi connectivity index (χ4n) is 2.07. The zero-order chi connectivity index (χ0) is 14.5. The Hall–Kier alpha value is -0.925. The molecule has 0 aliphatic heterocycles. The van der Waals surface area contributed by atoms with Crippen LogP contribution >= 0.6 is 0 Å². The van der Waals surface area contributed by atoms with Gasteiger partial charge in [0.2, 0.25) is 0 Å². The van der Waals surface area contributed by atoms with Crippen molar-refractivity contribution in [1.29, 1.82) is 0 Å². The first-order chi connectivity index (χ1) is 7.89. The first-order valence-corrected chi connectivity index (χ1v) is 5.86. The normalized spacial score (nSPS) is 12.9. The third kappa shape index (κ3) is 2.43. The van der Waals surface area contributed by atoms with E-state index >= 15 is 0 Å². The summed E-state index contributed by atoms with van der Waals surface area (Å²) in [5.41, 5.74) is -2.31. The highest BCUT2D eigenvalue weighted by Gasteiger charge is 2.33. The fourth-order valence-corrected chi connectivity index (χ4v) is 2.07. The summed E-state index contributed by atoms with van der Waals surface area (Å²) in [6, 6.07) is 0. The maximum atomic E-state index is 14.2. The van der Waals surface area contributed by atoms with E-state index in [4.69, 9.17) is 7.85 Å². The van der Waals surface area contributed by atoms with Crippen LogP contribution in [0.25, 0.3) is 0 Å². The van der Waals surface area contributed by atoms with Gasteiger partial charge in [0.25, 0.3) is 0 Å². The molecule has 0 aliphatic rings. The lowest BCUT2D eigenvalue weighted by molar-refractivity contribution is 0.418. The summed E-state index contributed by atoms with van der Waals surface area (Å²) in [6.45, 7) is 9.84. The van der Waals surface area contributed by atoms with Crippen molar-refractivity contribution < 1.29 is 13.2 Å². The molecule has 0 aliphatic carbocycles. The topological polar surface area (TPSA) is 0 Å². The fraction of sp³-hybridized carbons (Fsp3) is 0.571. The van der Waals surface area contributed by atoms with Gasteiger partial charge in [-0.1, -0.05) is 47.0 Å². The number of rotatable bonds is 0. The maximum absolute atomic E-state index is 14.2. The van der Waals surface area contributed by atoms with E-state index in [9.17, 15) is 13.2 Å². The summed E-state index contributed by atoms with van der Waals surface area (Å²) in [6.07, 6.45) is 0. The number of hydrogen-bond acceptors (Lipinski definition) is 0. The molecular weight excluding hydrogens is 236 g/mol. The summed E-state index contributed by atoms with van der Waals surface area (Å²) < 4.78 is 42.4. The smallest absolute Gasteiger partial charge is 0.165 e. The van der Waals surface area contributed by atoms with E-state index in [-0.39, 0.29) is 16.6 Å². The second-order valence-electron chi connectivity index (χ2n) is 6.61. The quantitative estimate of drug-likeness (QED) is 0.491. The second kappa shape index (κ2) is 4.32. The van der Waals surface area contributed by atoms with Gasteiger partial charge >= 0.3 is 0 Å². The number of halogens is 3. The monoisotopic (exact) mass is 254 g/mol. The van der Waals surface area contributed by atoms with E-state index in [0.29, 0.717) is 0 Å². The summed E-state index contributed by atoms with van der Waals surface area (Å²) in [5, 5.41) is 0. The molecule has 0 amide bonds. The van der Waals surface area contributed by atoms with E-state index in [0.717, 1.165) is 0 Å². The van der Waals surface area contributed by atoms with Crippen LogP contribution in [0.4, 0.5) is 13.2 Å². The van der Waals surface area contributed by atoms with Crippen LogP contribution in [0.5, 0.6) is 0 Å². The summed E-state index contributed by atoms with van der Waals surface area (Å²) in [7, 11) is 5.65. The third-order valence-electron chi connectivity index (χ3n) is 2.86. The van der Waals surface area contributed by atoms with Crippen molar-refractivity contribution in [1.82, 2.24) is 0 Å². The predicted octanol–water partition coefficient (Wildman–Crippen LogP) is 3.49. The second-order valence-corrected chi connectivity index (χ2v) is 6.61. The van der Waals surface area contributed by atoms with Crippen LogP contribution in [0.1, 0.15) is 52.7 Å². The van der Waals surface area contributed by atoms with Gasteiger partial charge in [0.15, 0.2) is 11.6 Å². The van der Waals surface area contributed by atoms with Crippen molar-refractivity contribution >= 4 is 13.3 Å². The molecule has 4 heteroatoms. The van der Waals surface area contributed by atoms with Crippen molar-refractivity contribution in [2.45, 2.75) is 52.4 Å². The molecular formula is C14H18BF3. The minimum Gasteiger partial charge on any atom is -0.207 e. The minimum absolute atomic E-state index is 0.106. The van der Waals surface area contributed by atoms with Gasteiger partial charge in [-0.2, -0.15) is 0 Å². The molecule has 0 spiro atoms. The average Bonchev–Trinajstić information content (AvgIpc) is 2.10. The maximum Gasteiger partial charge on any atom is 0.165 e. The van der Waals surface area contributed by atoms with Gasteiger partial charge in [-0.25, -0.2) is 13.2 Å². The molecule has 0 atom stereocenters. The van der Waals surface area contributed by atoms with Gasteiger partial charge in [-0.05, 0) is 16.4 Å². The van der Waals surface area contributed by atoms with Crippen LogP contribution < -0.4 is 5.46 Å². The Labute approximate surface area is 108 Å². The van der Waals surface area contributed by atoms with E-state index in [2.05, 4.69) is 0 Å². The SMILES string of the molecule is [B]c1c(F)c(C(C)(C)C)c(F)c(F)c1C(C)(C)C. The zero-order valence-electron chi connectivity index (χ0n) is 11.7. The highest BCUT2D eigenvalue weighted by atomic mass is 19.2. The molecule has 0 unspecified atom stereocenters.